The summed E-state index contributed by atoms with van der Waals surface area (Å²) in [7, 11) is 0. The maximum absolute atomic E-state index is 12.3. The molecule has 0 spiro atoms. The number of hydrogen-bond donors (Lipinski definition) is 0. The molecule has 0 aliphatic heterocycles. The maximum Gasteiger partial charge on any atom is 0.249 e. The van der Waals surface area contributed by atoms with Crippen LogP contribution in [-0.2, 0) is 11.3 Å². The molecule has 0 N–H and O–H groups in total. The van der Waals surface area contributed by atoms with E-state index in [1.807, 2.05) is 36.4 Å². The molecule has 3 rings (SSSR count). The van der Waals surface area contributed by atoms with Crippen LogP contribution in [0.1, 0.15) is 19.8 Å². The van der Waals surface area contributed by atoms with Gasteiger partial charge in [-0.1, -0.05) is 48.1 Å². The summed E-state index contributed by atoms with van der Waals surface area (Å²) in [6, 6.07) is 15.9. The fourth-order valence-electron chi connectivity index (χ4n) is 2.51. The van der Waals surface area contributed by atoms with Crippen LogP contribution in [0.3, 0.4) is 0 Å². The predicted molar refractivity (Wildman–Crippen MR) is 107 cm³/mol. The van der Waals surface area contributed by atoms with Crippen molar-refractivity contribution in [2.24, 2.45) is 4.99 Å². The lowest BCUT2D eigenvalue weighted by atomic mass is 10.3. The summed E-state index contributed by atoms with van der Waals surface area (Å²) >= 11 is 9.29. The number of thiazole rings is 1. The van der Waals surface area contributed by atoms with Crippen LogP contribution in [0, 0.1) is 0 Å². The van der Waals surface area contributed by atoms with Crippen LogP contribution in [-0.4, -0.2) is 16.2 Å². The van der Waals surface area contributed by atoms with Crippen molar-refractivity contribution in [3.8, 4) is 0 Å². The van der Waals surface area contributed by atoms with Gasteiger partial charge in [0.1, 0.15) is 0 Å². The van der Waals surface area contributed by atoms with Gasteiger partial charge >= 0.3 is 0 Å². The lowest BCUT2D eigenvalue weighted by molar-refractivity contribution is -0.117. The van der Waals surface area contributed by atoms with E-state index in [1.54, 1.807) is 11.8 Å². The number of carbonyl (C=O) groups is 1. The molecule has 1 aromatic heterocycles. The third-order valence-electron chi connectivity index (χ3n) is 3.64. The molecule has 1 amide bonds. The number of carbonyl (C=O) groups excluding carboxylic acids is 1. The van der Waals surface area contributed by atoms with Crippen molar-refractivity contribution in [3.63, 3.8) is 0 Å². The van der Waals surface area contributed by atoms with E-state index in [9.17, 15) is 4.79 Å². The Bertz CT molecular complexity index is 931. The lowest BCUT2D eigenvalue weighted by Crippen LogP contribution is -2.16. The molecule has 0 saturated carbocycles. The van der Waals surface area contributed by atoms with E-state index in [2.05, 4.69) is 28.6 Å². The van der Waals surface area contributed by atoms with Gasteiger partial charge in [-0.15, -0.1) is 11.8 Å². The minimum absolute atomic E-state index is 0.0778. The smallest absolute Gasteiger partial charge is 0.249 e. The minimum Gasteiger partial charge on any atom is -0.316 e. The molecule has 0 aliphatic carbocycles. The number of nitrogens with zero attached hydrogens (tertiary/aromatic N) is 2. The standard InChI is InChI=1S/C19H19ClN2OS2/c1-2-11-22-16-9-8-14(20)13-17(16)25-19(22)21-18(23)10-12-24-15-6-4-3-5-7-15/h3-9,13H,2,10-12H2,1H3. The normalized spacial score (nSPS) is 12.0. The minimum atomic E-state index is -0.0778. The Hall–Kier alpha value is -1.56. The molecule has 25 heavy (non-hydrogen) atoms. The molecule has 0 bridgehead atoms. The van der Waals surface area contributed by atoms with Crippen LogP contribution in [0.15, 0.2) is 58.4 Å². The van der Waals surface area contributed by atoms with Gasteiger partial charge in [0, 0.05) is 28.6 Å². The van der Waals surface area contributed by atoms with Crippen molar-refractivity contribution < 1.29 is 4.79 Å². The first-order chi connectivity index (χ1) is 12.2. The quantitative estimate of drug-likeness (QED) is 0.530. The molecule has 0 aliphatic rings. The van der Waals surface area contributed by atoms with Crippen molar-refractivity contribution >= 4 is 50.8 Å². The SMILES string of the molecule is CCCn1c(=NC(=O)CCSc2ccccc2)sc2cc(Cl)ccc21. The molecule has 0 unspecified atom stereocenters. The zero-order valence-electron chi connectivity index (χ0n) is 13.9. The van der Waals surface area contributed by atoms with Crippen LogP contribution in [0.5, 0.6) is 0 Å². The number of fused-ring (bicyclic) bond motifs is 1. The molecule has 6 heteroatoms. The maximum atomic E-state index is 12.3. The Morgan fingerprint density at radius 2 is 2.04 bits per heavy atom. The fourth-order valence-corrected chi connectivity index (χ4v) is 4.72. The summed E-state index contributed by atoms with van der Waals surface area (Å²) in [5.74, 6) is 0.655. The topological polar surface area (TPSA) is 34.4 Å². The van der Waals surface area contributed by atoms with Crippen molar-refractivity contribution in [1.82, 2.24) is 4.57 Å². The van der Waals surface area contributed by atoms with Crippen LogP contribution < -0.4 is 4.80 Å². The van der Waals surface area contributed by atoms with Gasteiger partial charge in [0.05, 0.1) is 10.2 Å². The molecular weight excluding hydrogens is 372 g/mol. The molecule has 0 saturated heterocycles. The second-order valence-electron chi connectivity index (χ2n) is 5.57. The van der Waals surface area contributed by atoms with Gasteiger partial charge in [-0.2, -0.15) is 4.99 Å². The summed E-state index contributed by atoms with van der Waals surface area (Å²) in [6.45, 7) is 2.96. The van der Waals surface area contributed by atoms with E-state index >= 15 is 0 Å². The van der Waals surface area contributed by atoms with E-state index in [0.29, 0.717) is 11.4 Å². The van der Waals surface area contributed by atoms with E-state index in [0.717, 1.165) is 33.7 Å². The highest BCUT2D eigenvalue weighted by atomic mass is 35.5. The first-order valence-corrected chi connectivity index (χ1v) is 10.4. The molecule has 0 fully saturated rings. The summed E-state index contributed by atoms with van der Waals surface area (Å²) in [4.78, 5) is 18.6. The molecule has 1 heterocycles. The third kappa shape index (κ3) is 4.75. The molecule has 3 nitrogen and oxygen atoms in total. The Labute approximate surface area is 160 Å². The van der Waals surface area contributed by atoms with E-state index in [-0.39, 0.29) is 5.91 Å². The van der Waals surface area contributed by atoms with Crippen LogP contribution in [0.4, 0.5) is 0 Å². The van der Waals surface area contributed by atoms with Gasteiger partial charge in [-0.3, -0.25) is 4.79 Å². The molecular formula is C19H19ClN2OS2. The van der Waals surface area contributed by atoms with Gasteiger partial charge < -0.3 is 4.57 Å². The highest BCUT2D eigenvalue weighted by Crippen LogP contribution is 2.22. The first-order valence-electron chi connectivity index (χ1n) is 8.21. The zero-order valence-corrected chi connectivity index (χ0v) is 16.3. The van der Waals surface area contributed by atoms with Gasteiger partial charge in [0.25, 0.3) is 0 Å². The zero-order chi connectivity index (χ0) is 17.6. The largest absolute Gasteiger partial charge is 0.316 e. The number of halogens is 1. The average molecular weight is 391 g/mol. The van der Waals surface area contributed by atoms with E-state index in [4.69, 9.17) is 11.6 Å². The van der Waals surface area contributed by atoms with Crippen molar-refractivity contribution in [2.75, 3.05) is 5.75 Å². The number of rotatable bonds is 6. The van der Waals surface area contributed by atoms with Crippen molar-refractivity contribution in [3.05, 3.63) is 58.4 Å². The van der Waals surface area contributed by atoms with Gasteiger partial charge in [-0.05, 0) is 36.8 Å². The molecule has 3 aromatic rings. The number of hydrogen-bond acceptors (Lipinski definition) is 3. The van der Waals surface area contributed by atoms with Gasteiger partial charge in [0.2, 0.25) is 5.91 Å². The van der Waals surface area contributed by atoms with Gasteiger partial charge in [0.15, 0.2) is 4.80 Å². The number of aromatic nitrogens is 1. The summed E-state index contributed by atoms with van der Waals surface area (Å²) in [5, 5.41) is 0.703. The number of benzene rings is 2. The average Bonchev–Trinajstić information content (AvgIpc) is 2.92. The molecule has 0 atom stereocenters. The molecule has 130 valence electrons. The number of amides is 1. The number of aryl methyl sites for hydroxylation is 1. The highest BCUT2D eigenvalue weighted by Gasteiger charge is 2.08. The second-order valence-corrected chi connectivity index (χ2v) is 8.18. The fraction of sp³-hybridized carbons (Fsp3) is 0.263. The summed E-state index contributed by atoms with van der Waals surface area (Å²) in [5.41, 5.74) is 1.08. The Morgan fingerprint density at radius 1 is 1.24 bits per heavy atom. The third-order valence-corrected chi connectivity index (χ3v) is 5.93. The monoisotopic (exact) mass is 390 g/mol. The summed E-state index contributed by atoms with van der Waals surface area (Å²) < 4.78 is 3.17. The van der Waals surface area contributed by atoms with Gasteiger partial charge in [-0.25, -0.2) is 0 Å². The van der Waals surface area contributed by atoms with Crippen LogP contribution >= 0.6 is 34.7 Å². The Kier molecular flexibility index (Phi) is 6.34. The number of thioether (sulfide) groups is 1. The first kappa shape index (κ1) is 18.2. The summed E-state index contributed by atoms with van der Waals surface area (Å²) in [6.07, 6.45) is 1.42. The van der Waals surface area contributed by atoms with E-state index < -0.39 is 0 Å². The Balaban J connectivity index is 1.77. The molecule has 2 aromatic carbocycles. The van der Waals surface area contributed by atoms with Crippen molar-refractivity contribution in [1.29, 1.82) is 0 Å². The van der Waals surface area contributed by atoms with Crippen LogP contribution in [0.25, 0.3) is 10.2 Å². The highest BCUT2D eigenvalue weighted by molar-refractivity contribution is 7.99. The second kappa shape index (κ2) is 8.70. The van der Waals surface area contributed by atoms with Crippen molar-refractivity contribution in [2.45, 2.75) is 31.2 Å². The van der Waals surface area contributed by atoms with Crippen LogP contribution in [0.2, 0.25) is 5.02 Å². The lowest BCUT2D eigenvalue weighted by Gasteiger charge is -2.02. The molecule has 0 radical (unpaired) electrons. The Morgan fingerprint density at radius 3 is 2.80 bits per heavy atom. The predicted octanol–water partition coefficient (Wildman–Crippen LogP) is 5.38. The van der Waals surface area contributed by atoms with E-state index in [1.165, 1.54) is 16.2 Å².